The third kappa shape index (κ3) is 5.35. The quantitative estimate of drug-likeness (QED) is 0.214. The largest absolute Gasteiger partial charge is 0.534 e. The number of halogens is 3. The number of pyridine rings is 1. The molecular formula is C25H18F3N3O6S. The molecule has 4 rings (SSSR count). The molecule has 0 spiro atoms. The Morgan fingerprint density at radius 1 is 0.921 bits per heavy atom. The first-order valence-electron chi connectivity index (χ1n) is 10.7. The maximum Gasteiger partial charge on any atom is 0.534 e. The lowest BCUT2D eigenvalue weighted by Gasteiger charge is -2.16. The fraction of sp³-hybridized carbons (Fsp3) is 0.120. The molecule has 0 aliphatic carbocycles. The van der Waals surface area contributed by atoms with Crippen LogP contribution in [0, 0.1) is 11.3 Å². The molecule has 38 heavy (non-hydrogen) atoms. The second kappa shape index (κ2) is 10.3. The monoisotopic (exact) mass is 545 g/mol. The zero-order valence-corrected chi connectivity index (χ0v) is 20.6. The lowest BCUT2D eigenvalue weighted by atomic mass is 10.1. The van der Waals surface area contributed by atoms with E-state index >= 15 is 0 Å². The fourth-order valence-electron chi connectivity index (χ4n) is 3.39. The average molecular weight is 545 g/mol. The molecular weight excluding hydrogens is 527 g/mol. The van der Waals surface area contributed by atoms with Crippen molar-refractivity contribution in [1.29, 1.82) is 5.26 Å². The van der Waals surface area contributed by atoms with E-state index in [-0.39, 0.29) is 27.9 Å². The molecule has 0 amide bonds. The summed E-state index contributed by atoms with van der Waals surface area (Å²) in [7, 11) is -3.29. The number of nitrogens with one attached hydrogen (secondary N) is 1. The Morgan fingerprint density at radius 3 is 2.18 bits per heavy atom. The third-order valence-corrected chi connectivity index (χ3v) is 6.14. The van der Waals surface area contributed by atoms with Crippen molar-refractivity contribution < 1.29 is 40.0 Å². The molecule has 0 saturated carbocycles. The molecule has 196 valence electrons. The van der Waals surface area contributed by atoms with Crippen LogP contribution in [0.1, 0.15) is 5.56 Å². The Hall–Kier alpha value is -4.70. The number of para-hydroxylation sites is 2. The molecule has 13 heteroatoms. The van der Waals surface area contributed by atoms with E-state index in [4.69, 9.17) is 14.2 Å². The number of benzene rings is 3. The Labute approximate surface area is 215 Å². The highest BCUT2D eigenvalue weighted by Crippen LogP contribution is 2.39. The molecule has 0 aliphatic heterocycles. The van der Waals surface area contributed by atoms with Gasteiger partial charge in [-0.05, 0) is 42.5 Å². The topological polar surface area (TPSA) is 120 Å². The Bertz CT molecular complexity index is 1640. The van der Waals surface area contributed by atoms with E-state index in [1.165, 1.54) is 19.4 Å². The van der Waals surface area contributed by atoms with Crippen molar-refractivity contribution in [3.63, 3.8) is 0 Å². The summed E-state index contributed by atoms with van der Waals surface area (Å²) >= 11 is 0. The van der Waals surface area contributed by atoms with E-state index in [0.717, 1.165) is 13.2 Å². The van der Waals surface area contributed by atoms with E-state index in [0.29, 0.717) is 22.9 Å². The number of rotatable bonds is 8. The zero-order chi connectivity index (χ0) is 27.5. The van der Waals surface area contributed by atoms with Crippen LogP contribution in [0.25, 0.3) is 10.9 Å². The summed E-state index contributed by atoms with van der Waals surface area (Å²) in [5.74, 6) is 0.552. The molecule has 0 radical (unpaired) electrons. The zero-order valence-electron chi connectivity index (χ0n) is 19.7. The molecule has 0 saturated heterocycles. The third-order valence-electron chi connectivity index (χ3n) is 5.18. The van der Waals surface area contributed by atoms with Crippen LogP contribution in [0.3, 0.4) is 0 Å². The van der Waals surface area contributed by atoms with Gasteiger partial charge in [0.05, 0.1) is 31.0 Å². The first kappa shape index (κ1) is 26.4. The summed E-state index contributed by atoms with van der Waals surface area (Å²) in [6.45, 7) is 0. The molecule has 0 aliphatic rings. The molecule has 4 aromatic rings. The van der Waals surface area contributed by atoms with Crippen molar-refractivity contribution >= 4 is 32.4 Å². The average Bonchev–Trinajstić information content (AvgIpc) is 2.89. The summed E-state index contributed by atoms with van der Waals surface area (Å²) in [6.07, 6.45) is 1.19. The van der Waals surface area contributed by atoms with Gasteiger partial charge in [0, 0.05) is 23.3 Å². The Balaban J connectivity index is 1.68. The number of nitriles is 1. The number of hydrogen-bond donors (Lipinski definition) is 1. The van der Waals surface area contributed by atoms with Crippen molar-refractivity contribution in [1.82, 2.24) is 4.98 Å². The molecule has 0 bridgehead atoms. The van der Waals surface area contributed by atoms with Gasteiger partial charge in [0.25, 0.3) is 0 Å². The van der Waals surface area contributed by atoms with Crippen LogP contribution in [0.2, 0.25) is 0 Å². The summed E-state index contributed by atoms with van der Waals surface area (Å²) in [5.41, 5.74) is -4.67. The maximum absolute atomic E-state index is 12.8. The smallest absolute Gasteiger partial charge is 0.493 e. The number of methoxy groups -OCH3 is 2. The second-order valence-corrected chi connectivity index (χ2v) is 9.10. The van der Waals surface area contributed by atoms with Crippen molar-refractivity contribution in [2.45, 2.75) is 5.51 Å². The van der Waals surface area contributed by atoms with Crippen LogP contribution in [-0.4, -0.2) is 33.1 Å². The van der Waals surface area contributed by atoms with Crippen molar-refractivity contribution in [3.8, 4) is 34.8 Å². The highest BCUT2D eigenvalue weighted by atomic mass is 32.2. The first-order valence-corrected chi connectivity index (χ1v) is 12.1. The number of hydrogen-bond acceptors (Lipinski definition) is 9. The minimum atomic E-state index is -5.95. The second-order valence-electron chi connectivity index (χ2n) is 7.56. The predicted octanol–water partition coefficient (Wildman–Crippen LogP) is 5.89. The van der Waals surface area contributed by atoms with Crippen LogP contribution in [0.4, 0.5) is 24.5 Å². The molecule has 1 aromatic heterocycles. The van der Waals surface area contributed by atoms with Gasteiger partial charge in [0.2, 0.25) is 0 Å². The van der Waals surface area contributed by atoms with Gasteiger partial charge < -0.3 is 23.7 Å². The van der Waals surface area contributed by atoms with E-state index < -0.39 is 21.4 Å². The van der Waals surface area contributed by atoms with Crippen molar-refractivity contribution in [2.75, 3.05) is 19.5 Å². The summed E-state index contributed by atoms with van der Waals surface area (Å²) in [5, 5.41) is 13.0. The Morgan fingerprint density at radius 2 is 1.58 bits per heavy atom. The molecule has 9 nitrogen and oxygen atoms in total. The van der Waals surface area contributed by atoms with E-state index in [1.807, 2.05) is 12.1 Å². The van der Waals surface area contributed by atoms with Gasteiger partial charge in [-0.1, -0.05) is 12.1 Å². The van der Waals surface area contributed by atoms with Gasteiger partial charge in [0.15, 0.2) is 23.0 Å². The normalized spacial score (nSPS) is 11.5. The summed E-state index contributed by atoms with van der Waals surface area (Å²) in [6, 6.07) is 18.0. The van der Waals surface area contributed by atoms with Crippen LogP contribution in [0.5, 0.6) is 28.7 Å². The van der Waals surface area contributed by atoms with E-state index in [1.54, 1.807) is 42.5 Å². The van der Waals surface area contributed by atoms with E-state index in [2.05, 4.69) is 14.5 Å². The van der Waals surface area contributed by atoms with Gasteiger partial charge >= 0.3 is 15.6 Å². The van der Waals surface area contributed by atoms with E-state index in [9.17, 15) is 26.9 Å². The highest BCUT2D eigenvalue weighted by molar-refractivity contribution is 7.88. The van der Waals surface area contributed by atoms with Crippen LogP contribution in [0.15, 0.2) is 66.9 Å². The maximum atomic E-state index is 12.8. The predicted molar refractivity (Wildman–Crippen MR) is 131 cm³/mol. The molecule has 0 fully saturated rings. The fourth-order valence-corrected chi connectivity index (χ4v) is 3.85. The number of alkyl halides is 3. The minimum Gasteiger partial charge on any atom is -0.493 e. The van der Waals surface area contributed by atoms with Crippen LogP contribution >= 0.6 is 0 Å². The summed E-state index contributed by atoms with van der Waals surface area (Å²) in [4.78, 5) is 4.05. The van der Waals surface area contributed by atoms with Gasteiger partial charge in [-0.25, -0.2) is 0 Å². The SMILES string of the molecule is COc1ccccc1Oc1ccc(Nc2c(C#N)cnc3cc(OS(=O)(=O)C(F)(F)F)c(OC)cc23)cc1. The number of anilines is 2. The lowest BCUT2D eigenvalue weighted by Crippen LogP contribution is -2.28. The lowest BCUT2D eigenvalue weighted by molar-refractivity contribution is -0.0500. The number of fused-ring (bicyclic) bond motifs is 1. The number of aromatic nitrogens is 1. The highest BCUT2D eigenvalue weighted by Gasteiger charge is 2.49. The molecule has 1 heterocycles. The molecule has 0 unspecified atom stereocenters. The van der Waals surface area contributed by atoms with Crippen LogP contribution in [-0.2, 0) is 10.1 Å². The van der Waals surface area contributed by atoms with Crippen molar-refractivity contribution in [3.05, 3.63) is 72.4 Å². The van der Waals surface area contributed by atoms with Gasteiger partial charge in [-0.15, -0.1) is 0 Å². The van der Waals surface area contributed by atoms with Crippen LogP contribution < -0.4 is 23.7 Å². The summed E-state index contributed by atoms with van der Waals surface area (Å²) < 4.78 is 82.0. The van der Waals surface area contributed by atoms with Gasteiger partial charge in [0.1, 0.15) is 11.8 Å². The molecule has 3 aromatic carbocycles. The minimum absolute atomic E-state index is 0.0517. The van der Waals surface area contributed by atoms with Gasteiger partial charge in [-0.3, -0.25) is 4.98 Å². The van der Waals surface area contributed by atoms with Gasteiger partial charge in [-0.2, -0.15) is 26.9 Å². The standard InChI is InChI=1S/C25H18F3N3O6S/c1-34-20-5-3-4-6-21(20)36-17-9-7-16(8-10-17)31-24-15(13-29)14-30-19-12-23(22(35-2)11-18(19)24)37-38(32,33)25(26,27)28/h3-12,14H,1-2H3,(H,30,31). The molecule has 1 N–H and O–H groups in total. The van der Waals surface area contributed by atoms with Crippen molar-refractivity contribution in [2.24, 2.45) is 0 Å². The number of nitrogens with zero attached hydrogens (tertiary/aromatic N) is 2. The Kier molecular flexibility index (Phi) is 7.18. The number of ether oxygens (including phenoxy) is 3. The molecule has 0 atom stereocenters. The first-order chi connectivity index (χ1) is 18.1.